The molecule has 0 atom stereocenters. The van der Waals surface area contributed by atoms with Crippen LogP contribution in [0.5, 0.6) is 0 Å². The Morgan fingerprint density at radius 1 is 1.52 bits per heavy atom. The second kappa shape index (κ2) is 7.35. The Kier molecular flexibility index (Phi) is 5.74. The van der Waals surface area contributed by atoms with Crippen LogP contribution in [-0.2, 0) is 21.3 Å². The highest BCUT2D eigenvalue weighted by atomic mass is 32.2. The quantitative estimate of drug-likeness (QED) is 0.628. The zero-order chi connectivity index (χ0) is 15.3. The molecule has 1 heterocycles. The van der Waals surface area contributed by atoms with Gasteiger partial charge in [-0.2, -0.15) is 9.40 Å². The molecule has 1 N–H and O–H groups in total. The van der Waals surface area contributed by atoms with E-state index in [1.165, 1.54) is 34.2 Å². The Bertz CT molecular complexity index is 539. The third kappa shape index (κ3) is 4.77. The largest absolute Gasteiger partial charge is 0.396 e. The van der Waals surface area contributed by atoms with Crippen molar-refractivity contribution in [3.8, 4) is 0 Å². The molecule has 0 aromatic carbocycles. The first-order valence-corrected chi connectivity index (χ1v) is 8.65. The summed E-state index contributed by atoms with van der Waals surface area (Å²) in [5.74, 6) is 0.677. The monoisotopic (exact) mass is 317 g/mol. The first-order chi connectivity index (χ1) is 10.0. The standard InChI is InChI=1S/C13H23N3O4S/c1-15(6-8-20-11-12-3-4-12)21(18,19)13-9-14-16(10-13)5-2-7-17/h9-10,12,17H,2-8,11H2,1H3. The van der Waals surface area contributed by atoms with Crippen LogP contribution in [-0.4, -0.2) is 61.0 Å². The highest BCUT2D eigenvalue weighted by Gasteiger charge is 2.24. The lowest BCUT2D eigenvalue weighted by molar-refractivity contribution is 0.117. The summed E-state index contributed by atoms with van der Waals surface area (Å²) in [4.78, 5) is 0.171. The molecule has 0 aliphatic heterocycles. The van der Waals surface area contributed by atoms with Gasteiger partial charge < -0.3 is 9.84 Å². The van der Waals surface area contributed by atoms with Crippen molar-refractivity contribution < 1.29 is 18.3 Å². The predicted molar refractivity (Wildman–Crippen MR) is 77.3 cm³/mol. The molecule has 0 spiro atoms. The predicted octanol–water partition coefficient (Wildman–Crippen LogP) is 0.313. The number of sulfonamides is 1. The van der Waals surface area contributed by atoms with E-state index in [1.807, 2.05) is 0 Å². The van der Waals surface area contributed by atoms with E-state index in [9.17, 15) is 8.42 Å². The van der Waals surface area contributed by atoms with Gasteiger partial charge in [0.05, 0.1) is 12.8 Å². The van der Waals surface area contributed by atoms with Gasteiger partial charge >= 0.3 is 0 Å². The maximum absolute atomic E-state index is 12.3. The van der Waals surface area contributed by atoms with Crippen LogP contribution in [0.1, 0.15) is 19.3 Å². The molecule has 1 fully saturated rings. The van der Waals surface area contributed by atoms with Gasteiger partial charge in [-0.15, -0.1) is 0 Å². The molecular formula is C13H23N3O4S. The van der Waals surface area contributed by atoms with Crippen LogP contribution in [0, 0.1) is 5.92 Å². The SMILES string of the molecule is CN(CCOCC1CC1)S(=O)(=O)c1cnn(CCCO)c1. The van der Waals surface area contributed by atoms with Crippen LogP contribution in [0.2, 0.25) is 0 Å². The van der Waals surface area contributed by atoms with Crippen LogP contribution in [0.3, 0.4) is 0 Å². The number of aliphatic hydroxyl groups is 1. The van der Waals surface area contributed by atoms with Gasteiger partial charge in [-0.25, -0.2) is 8.42 Å². The second-order valence-corrected chi connectivity index (χ2v) is 7.41. The molecule has 1 aliphatic carbocycles. The van der Waals surface area contributed by atoms with Gasteiger partial charge in [0.15, 0.2) is 0 Å². The minimum Gasteiger partial charge on any atom is -0.396 e. The lowest BCUT2D eigenvalue weighted by Crippen LogP contribution is -2.30. The number of ether oxygens (including phenoxy) is 1. The highest BCUT2D eigenvalue weighted by molar-refractivity contribution is 7.89. The molecule has 8 heteroatoms. The molecule has 2 rings (SSSR count). The fraction of sp³-hybridized carbons (Fsp3) is 0.769. The van der Waals surface area contributed by atoms with Crippen LogP contribution < -0.4 is 0 Å². The van der Waals surface area contributed by atoms with E-state index in [0.29, 0.717) is 32.0 Å². The summed E-state index contributed by atoms with van der Waals surface area (Å²) < 4.78 is 32.9. The molecule has 0 bridgehead atoms. The van der Waals surface area contributed by atoms with Gasteiger partial charge in [0.2, 0.25) is 10.0 Å². The lowest BCUT2D eigenvalue weighted by atomic mass is 10.5. The molecule has 1 saturated carbocycles. The third-order valence-electron chi connectivity index (χ3n) is 3.46. The molecule has 1 aliphatic rings. The van der Waals surface area contributed by atoms with E-state index >= 15 is 0 Å². The maximum Gasteiger partial charge on any atom is 0.246 e. The molecule has 7 nitrogen and oxygen atoms in total. The van der Waals surface area contributed by atoms with E-state index in [4.69, 9.17) is 9.84 Å². The molecule has 1 aromatic heterocycles. The van der Waals surface area contributed by atoms with Crippen molar-refractivity contribution in [1.82, 2.24) is 14.1 Å². The summed E-state index contributed by atoms with van der Waals surface area (Å²) in [6.07, 6.45) is 5.83. The van der Waals surface area contributed by atoms with Crippen LogP contribution in [0.4, 0.5) is 0 Å². The van der Waals surface area contributed by atoms with E-state index in [1.54, 1.807) is 7.05 Å². The van der Waals surface area contributed by atoms with Crippen molar-refractivity contribution in [2.45, 2.75) is 30.7 Å². The zero-order valence-corrected chi connectivity index (χ0v) is 13.1. The Labute approximate surface area is 125 Å². The first-order valence-electron chi connectivity index (χ1n) is 7.21. The Morgan fingerprint density at radius 2 is 2.29 bits per heavy atom. The van der Waals surface area contributed by atoms with E-state index < -0.39 is 10.0 Å². The van der Waals surface area contributed by atoms with Crippen molar-refractivity contribution in [1.29, 1.82) is 0 Å². The van der Waals surface area contributed by atoms with Gasteiger partial charge in [0.25, 0.3) is 0 Å². The van der Waals surface area contributed by atoms with Gasteiger partial charge in [-0.3, -0.25) is 4.68 Å². The van der Waals surface area contributed by atoms with Gasteiger partial charge in [0, 0.05) is 39.5 Å². The van der Waals surface area contributed by atoms with Crippen molar-refractivity contribution in [2.75, 3.05) is 33.4 Å². The van der Waals surface area contributed by atoms with Crippen molar-refractivity contribution >= 4 is 10.0 Å². The average Bonchev–Trinajstić information content (AvgIpc) is 3.16. The van der Waals surface area contributed by atoms with Crippen LogP contribution >= 0.6 is 0 Å². The van der Waals surface area contributed by atoms with Crippen molar-refractivity contribution in [3.63, 3.8) is 0 Å². The number of likely N-dealkylation sites (N-methyl/N-ethyl adjacent to an activating group) is 1. The molecule has 21 heavy (non-hydrogen) atoms. The molecule has 120 valence electrons. The van der Waals surface area contributed by atoms with Gasteiger partial charge in [-0.1, -0.05) is 0 Å². The fourth-order valence-corrected chi connectivity index (χ4v) is 2.97. The third-order valence-corrected chi connectivity index (χ3v) is 5.27. The van der Waals surface area contributed by atoms with E-state index in [2.05, 4.69) is 5.10 Å². The van der Waals surface area contributed by atoms with Gasteiger partial charge in [0.1, 0.15) is 4.90 Å². The number of hydrogen-bond acceptors (Lipinski definition) is 5. The van der Waals surface area contributed by atoms with E-state index in [0.717, 1.165) is 6.61 Å². The normalized spacial score (nSPS) is 15.8. The number of aromatic nitrogens is 2. The number of rotatable bonds is 10. The molecular weight excluding hydrogens is 294 g/mol. The van der Waals surface area contributed by atoms with Crippen molar-refractivity contribution in [3.05, 3.63) is 12.4 Å². The number of aliphatic hydroxyl groups excluding tert-OH is 1. The summed E-state index contributed by atoms with van der Waals surface area (Å²) in [5, 5.41) is 12.8. The Morgan fingerprint density at radius 3 is 2.95 bits per heavy atom. The fourth-order valence-electron chi connectivity index (χ4n) is 1.86. The van der Waals surface area contributed by atoms with Crippen LogP contribution in [0.15, 0.2) is 17.3 Å². The highest BCUT2D eigenvalue weighted by Crippen LogP contribution is 2.28. The summed E-state index contributed by atoms with van der Waals surface area (Å²) in [7, 11) is -1.98. The topological polar surface area (TPSA) is 84.7 Å². The van der Waals surface area contributed by atoms with Crippen LogP contribution in [0.25, 0.3) is 0 Å². The minimum atomic E-state index is -3.52. The maximum atomic E-state index is 12.3. The Balaban J connectivity index is 1.84. The smallest absolute Gasteiger partial charge is 0.246 e. The number of nitrogens with zero attached hydrogens (tertiary/aromatic N) is 3. The summed E-state index contributed by atoms with van der Waals surface area (Å²) in [5.41, 5.74) is 0. The number of hydrogen-bond donors (Lipinski definition) is 1. The average molecular weight is 317 g/mol. The molecule has 1 aromatic rings. The Hall–Kier alpha value is -0.960. The molecule has 0 saturated heterocycles. The second-order valence-electron chi connectivity index (χ2n) is 5.36. The summed E-state index contributed by atoms with van der Waals surface area (Å²) in [6.45, 7) is 2.02. The van der Waals surface area contributed by atoms with Gasteiger partial charge in [-0.05, 0) is 25.2 Å². The van der Waals surface area contributed by atoms with E-state index in [-0.39, 0.29) is 11.5 Å². The van der Waals surface area contributed by atoms with Crippen molar-refractivity contribution in [2.24, 2.45) is 5.92 Å². The zero-order valence-electron chi connectivity index (χ0n) is 12.3. The summed E-state index contributed by atoms with van der Waals surface area (Å²) in [6, 6.07) is 0. The molecule has 0 radical (unpaired) electrons. The number of aryl methyl sites for hydroxylation is 1. The lowest BCUT2D eigenvalue weighted by Gasteiger charge is -2.15. The molecule has 0 amide bonds. The molecule has 0 unspecified atom stereocenters. The minimum absolute atomic E-state index is 0.0557. The summed E-state index contributed by atoms with van der Waals surface area (Å²) >= 11 is 0. The first kappa shape index (κ1) is 16.4.